The van der Waals surface area contributed by atoms with E-state index in [0.717, 1.165) is 25.7 Å². The molecule has 0 aliphatic heterocycles. The molecule has 0 bridgehead atoms. The van der Waals surface area contributed by atoms with E-state index in [1.165, 1.54) is 0 Å². The lowest BCUT2D eigenvalue weighted by atomic mass is 9.70. The van der Waals surface area contributed by atoms with Crippen molar-refractivity contribution in [1.82, 2.24) is 11.5 Å². The van der Waals surface area contributed by atoms with E-state index in [-0.39, 0.29) is 23.4 Å². The molecule has 0 heterocycles. The maximum absolute atomic E-state index is 12.5. The van der Waals surface area contributed by atoms with Crippen molar-refractivity contribution in [3.8, 4) is 0 Å². The first-order valence-corrected chi connectivity index (χ1v) is 9.51. The van der Waals surface area contributed by atoms with Crippen molar-refractivity contribution in [2.24, 2.45) is 11.8 Å². The average molecular weight is 327 g/mol. The number of nitrogens with one attached hydrogen (secondary N) is 1. The van der Waals surface area contributed by atoms with Gasteiger partial charge in [-0.3, -0.25) is 0 Å². The van der Waals surface area contributed by atoms with Gasteiger partial charge < -0.3 is 11.5 Å². The molecular formula is C17H30N2O2S. The Bertz CT molecular complexity index is 557. The van der Waals surface area contributed by atoms with Gasteiger partial charge in [-0.1, -0.05) is 38.5 Å². The molecule has 1 aliphatic rings. The van der Waals surface area contributed by atoms with Gasteiger partial charge in [0.2, 0.25) is 0 Å². The van der Waals surface area contributed by atoms with E-state index in [9.17, 15) is 8.42 Å². The molecule has 1 aromatic rings. The second kappa shape index (κ2) is 7.57. The lowest BCUT2D eigenvalue weighted by Gasteiger charge is -2.44. The lowest BCUT2D eigenvalue weighted by Crippen LogP contribution is -2.51. The van der Waals surface area contributed by atoms with Crippen LogP contribution >= 0.6 is 0 Å². The molecule has 0 radical (unpaired) electrons. The van der Waals surface area contributed by atoms with Crippen molar-refractivity contribution < 1.29 is 8.42 Å². The minimum atomic E-state index is -3.17. The highest BCUT2D eigenvalue weighted by Crippen LogP contribution is 2.38. The number of rotatable bonds is 5. The van der Waals surface area contributed by atoms with Crippen LogP contribution in [0.15, 0.2) is 35.2 Å². The Morgan fingerprint density at radius 1 is 1.27 bits per heavy atom. The zero-order valence-electron chi connectivity index (χ0n) is 14.0. The molecule has 1 fully saturated rings. The van der Waals surface area contributed by atoms with Crippen LogP contribution in [-0.4, -0.2) is 26.8 Å². The van der Waals surface area contributed by atoms with Gasteiger partial charge in [0.05, 0.1) is 10.6 Å². The lowest BCUT2D eigenvalue weighted by molar-refractivity contribution is 0.144. The first-order valence-electron chi connectivity index (χ1n) is 7.86. The zero-order valence-corrected chi connectivity index (χ0v) is 14.8. The second-order valence-electron chi connectivity index (χ2n) is 6.62. The summed E-state index contributed by atoms with van der Waals surface area (Å²) < 4.78 is 25.1. The molecular weight excluding hydrogens is 296 g/mol. The van der Waals surface area contributed by atoms with E-state index in [1.54, 1.807) is 24.3 Å². The summed E-state index contributed by atoms with van der Waals surface area (Å²) in [5, 5.41) is 3.48. The number of sulfone groups is 1. The van der Waals surface area contributed by atoms with Gasteiger partial charge >= 0.3 is 0 Å². The van der Waals surface area contributed by atoms with Gasteiger partial charge in [0.15, 0.2) is 9.84 Å². The van der Waals surface area contributed by atoms with Crippen molar-refractivity contribution in [2.75, 3.05) is 12.8 Å². The summed E-state index contributed by atoms with van der Waals surface area (Å²) >= 11 is 0. The Morgan fingerprint density at radius 3 is 2.45 bits per heavy atom. The number of benzene rings is 1. The largest absolute Gasteiger partial charge is 0.344 e. The standard InChI is InChI=1S/C17H27NO2S.H3N/c1-14(2)17(18-3)11-7-8-15(12-17)13-21(19,20)16-9-5-4-6-10-16;/h4-6,9-10,14-15,18H,7-8,11-13H2,1-3H3;1H3/t15-,17-;/m1./s1. The monoisotopic (exact) mass is 326 g/mol. The van der Waals surface area contributed by atoms with Gasteiger partial charge in [0.1, 0.15) is 0 Å². The van der Waals surface area contributed by atoms with Crippen molar-refractivity contribution >= 4 is 9.84 Å². The van der Waals surface area contributed by atoms with Crippen LogP contribution < -0.4 is 11.5 Å². The molecule has 0 amide bonds. The second-order valence-corrected chi connectivity index (χ2v) is 8.65. The zero-order chi connectivity index (χ0) is 15.5. The molecule has 5 heteroatoms. The Morgan fingerprint density at radius 2 is 1.91 bits per heavy atom. The maximum atomic E-state index is 12.5. The molecule has 1 saturated carbocycles. The Balaban J connectivity index is 0.00000242. The summed E-state index contributed by atoms with van der Waals surface area (Å²) in [7, 11) is -1.16. The molecule has 0 spiro atoms. The Kier molecular flexibility index (Phi) is 6.59. The van der Waals surface area contributed by atoms with Crippen LogP contribution in [0.2, 0.25) is 0 Å². The SMILES string of the molecule is CN[C@]1(C(C)C)CCC[C@@H](CS(=O)(=O)c2ccccc2)C1.N. The van der Waals surface area contributed by atoms with E-state index in [1.807, 2.05) is 13.1 Å². The van der Waals surface area contributed by atoms with Crippen LogP contribution in [0.25, 0.3) is 0 Å². The van der Waals surface area contributed by atoms with Gasteiger partial charge in [-0.15, -0.1) is 0 Å². The first kappa shape index (κ1) is 19.1. The number of hydrogen-bond donors (Lipinski definition) is 2. The van der Waals surface area contributed by atoms with Crippen LogP contribution in [-0.2, 0) is 9.84 Å². The van der Waals surface area contributed by atoms with Gasteiger partial charge in [-0.25, -0.2) is 8.42 Å². The number of hydrogen-bond acceptors (Lipinski definition) is 4. The minimum absolute atomic E-state index is 0. The molecule has 1 aliphatic carbocycles. The molecule has 4 N–H and O–H groups in total. The quantitative estimate of drug-likeness (QED) is 0.868. The maximum Gasteiger partial charge on any atom is 0.178 e. The van der Waals surface area contributed by atoms with Crippen LogP contribution in [0.3, 0.4) is 0 Å². The molecule has 0 saturated heterocycles. The summed E-state index contributed by atoms with van der Waals surface area (Å²) in [5.41, 5.74) is 0.0924. The van der Waals surface area contributed by atoms with Gasteiger partial charge in [-0.05, 0) is 50.3 Å². The third-order valence-electron chi connectivity index (χ3n) is 5.05. The molecule has 22 heavy (non-hydrogen) atoms. The fourth-order valence-corrected chi connectivity index (χ4v) is 5.31. The van der Waals surface area contributed by atoms with Gasteiger partial charge in [0, 0.05) is 5.54 Å². The fraction of sp³-hybridized carbons (Fsp3) is 0.647. The van der Waals surface area contributed by atoms with Crippen LogP contribution in [0.5, 0.6) is 0 Å². The van der Waals surface area contributed by atoms with Crippen LogP contribution in [0, 0.1) is 11.8 Å². The Labute approximate surface area is 135 Å². The third-order valence-corrected chi connectivity index (χ3v) is 6.95. The fourth-order valence-electron chi connectivity index (χ4n) is 3.64. The van der Waals surface area contributed by atoms with E-state index >= 15 is 0 Å². The molecule has 0 aromatic heterocycles. The average Bonchev–Trinajstić information content (AvgIpc) is 2.47. The Hall–Kier alpha value is -0.910. The van der Waals surface area contributed by atoms with Crippen molar-refractivity contribution in [2.45, 2.75) is 50.0 Å². The summed E-state index contributed by atoms with van der Waals surface area (Å²) in [6.45, 7) is 4.45. The predicted octanol–water partition coefficient (Wildman–Crippen LogP) is 3.43. The summed E-state index contributed by atoms with van der Waals surface area (Å²) in [4.78, 5) is 0.454. The van der Waals surface area contributed by atoms with E-state index in [0.29, 0.717) is 10.8 Å². The molecule has 2 atom stereocenters. The molecule has 0 unspecified atom stereocenters. The highest BCUT2D eigenvalue weighted by atomic mass is 32.2. The highest BCUT2D eigenvalue weighted by molar-refractivity contribution is 7.91. The highest BCUT2D eigenvalue weighted by Gasteiger charge is 2.38. The van der Waals surface area contributed by atoms with Crippen LogP contribution in [0.1, 0.15) is 39.5 Å². The first-order chi connectivity index (χ1) is 9.89. The summed E-state index contributed by atoms with van der Waals surface area (Å²) in [5.74, 6) is 1.04. The van der Waals surface area contributed by atoms with Crippen LogP contribution in [0.4, 0.5) is 0 Å². The summed E-state index contributed by atoms with van der Waals surface area (Å²) in [6.07, 6.45) is 4.21. The smallest absolute Gasteiger partial charge is 0.178 e. The third kappa shape index (κ3) is 4.09. The van der Waals surface area contributed by atoms with Crippen molar-refractivity contribution in [3.05, 3.63) is 30.3 Å². The molecule has 2 rings (SSSR count). The van der Waals surface area contributed by atoms with Crippen molar-refractivity contribution in [3.63, 3.8) is 0 Å². The minimum Gasteiger partial charge on any atom is -0.344 e. The van der Waals surface area contributed by atoms with Crippen molar-refractivity contribution in [1.29, 1.82) is 0 Å². The van der Waals surface area contributed by atoms with E-state index in [4.69, 9.17) is 0 Å². The van der Waals surface area contributed by atoms with E-state index < -0.39 is 9.84 Å². The molecule has 4 nitrogen and oxygen atoms in total. The normalized spacial score (nSPS) is 25.7. The van der Waals surface area contributed by atoms with Gasteiger partial charge in [-0.2, -0.15) is 0 Å². The van der Waals surface area contributed by atoms with E-state index in [2.05, 4.69) is 19.2 Å². The molecule has 126 valence electrons. The molecule has 1 aromatic carbocycles. The predicted molar refractivity (Wildman–Crippen MR) is 92.1 cm³/mol. The topological polar surface area (TPSA) is 81.2 Å². The summed E-state index contributed by atoms with van der Waals surface area (Å²) in [6, 6.07) is 8.84. The van der Waals surface area contributed by atoms with Gasteiger partial charge in [0.25, 0.3) is 0 Å².